The molecule has 1 aromatic carbocycles. The Labute approximate surface area is 121 Å². The molecule has 0 aliphatic carbocycles. The van der Waals surface area contributed by atoms with Gasteiger partial charge in [0.15, 0.2) is 11.5 Å². The zero-order valence-electron chi connectivity index (χ0n) is 9.92. The second-order valence-electron chi connectivity index (χ2n) is 3.84. The third-order valence-corrected chi connectivity index (χ3v) is 3.22. The maximum Gasteiger partial charge on any atom is 0.280 e. The van der Waals surface area contributed by atoms with E-state index in [2.05, 4.69) is 36.0 Å². The lowest BCUT2D eigenvalue weighted by molar-refractivity contribution is 0.431. The van der Waals surface area contributed by atoms with Gasteiger partial charge in [-0.15, -0.1) is 0 Å². The Morgan fingerprint density at radius 2 is 2.00 bits per heavy atom. The Hall–Kier alpha value is -2.35. The molecule has 0 fully saturated rings. The van der Waals surface area contributed by atoms with Crippen LogP contribution < -0.4 is 5.73 Å². The highest BCUT2D eigenvalue weighted by molar-refractivity contribution is 9.10. The van der Waals surface area contributed by atoms with Gasteiger partial charge in [0.1, 0.15) is 5.82 Å². The summed E-state index contributed by atoms with van der Waals surface area (Å²) in [5.74, 6) is 0.146. The summed E-state index contributed by atoms with van der Waals surface area (Å²) < 4.78 is 19.0. The first-order valence-corrected chi connectivity index (χ1v) is 6.30. The van der Waals surface area contributed by atoms with Gasteiger partial charge >= 0.3 is 0 Å². The number of halogens is 2. The maximum atomic E-state index is 13.3. The van der Waals surface area contributed by atoms with E-state index in [0.717, 1.165) is 0 Å². The van der Waals surface area contributed by atoms with Crippen molar-refractivity contribution >= 4 is 21.7 Å². The van der Waals surface area contributed by atoms with Crippen molar-refractivity contribution in [3.05, 3.63) is 40.9 Å². The fourth-order valence-corrected chi connectivity index (χ4v) is 2.04. The van der Waals surface area contributed by atoms with E-state index in [9.17, 15) is 4.39 Å². The first-order valence-electron chi connectivity index (χ1n) is 5.51. The molecule has 6 nitrogen and oxygen atoms in total. The molecule has 2 aromatic heterocycles. The van der Waals surface area contributed by atoms with Crippen LogP contribution in [0.1, 0.15) is 0 Å². The highest BCUT2D eigenvalue weighted by Crippen LogP contribution is 2.29. The van der Waals surface area contributed by atoms with E-state index in [1.54, 1.807) is 6.07 Å². The smallest absolute Gasteiger partial charge is 0.280 e. The number of nitrogen functional groups attached to an aromatic ring is 1. The normalized spacial score (nSPS) is 10.7. The summed E-state index contributed by atoms with van der Waals surface area (Å²) in [6.07, 6.45) is 2.92. The molecule has 3 aromatic rings. The van der Waals surface area contributed by atoms with Crippen molar-refractivity contribution in [3.8, 4) is 23.0 Å². The molecule has 0 unspecified atom stereocenters. The number of nitrogens with two attached hydrogens (primary N) is 1. The Balaban J connectivity index is 2.07. The van der Waals surface area contributed by atoms with Crippen LogP contribution in [-0.4, -0.2) is 20.1 Å². The first kappa shape index (κ1) is 12.7. The largest absolute Gasteiger partial charge is 0.382 e. The Bertz CT molecular complexity index is 776. The van der Waals surface area contributed by atoms with E-state index in [1.165, 1.54) is 24.5 Å². The lowest BCUT2D eigenvalue weighted by atomic mass is 10.2. The molecule has 0 radical (unpaired) electrons. The van der Waals surface area contributed by atoms with Crippen molar-refractivity contribution in [2.24, 2.45) is 0 Å². The van der Waals surface area contributed by atoms with Crippen molar-refractivity contribution in [2.75, 3.05) is 5.73 Å². The van der Waals surface area contributed by atoms with Crippen LogP contribution in [0.25, 0.3) is 23.0 Å². The van der Waals surface area contributed by atoms with Crippen LogP contribution in [0.2, 0.25) is 0 Å². The average Bonchev–Trinajstić information content (AvgIpc) is 2.91. The second-order valence-corrected chi connectivity index (χ2v) is 4.69. The van der Waals surface area contributed by atoms with Gasteiger partial charge in [-0.1, -0.05) is 21.1 Å². The number of hydrogen-bond acceptors (Lipinski definition) is 6. The van der Waals surface area contributed by atoms with E-state index in [1.807, 2.05) is 0 Å². The Morgan fingerprint density at radius 3 is 2.80 bits per heavy atom. The van der Waals surface area contributed by atoms with Crippen LogP contribution in [-0.2, 0) is 0 Å². The molecule has 0 amide bonds. The number of nitrogens with zero attached hydrogens (tertiary/aromatic N) is 4. The van der Waals surface area contributed by atoms with Crippen molar-refractivity contribution in [2.45, 2.75) is 0 Å². The highest BCUT2D eigenvalue weighted by atomic mass is 79.9. The van der Waals surface area contributed by atoms with E-state index in [4.69, 9.17) is 10.3 Å². The third kappa shape index (κ3) is 2.25. The number of rotatable bonds is 2. The van der Waals surface area contributed by atoms with Crippen LogP contribution in [0.5, 0.6) is 0 Å². The van der Waals surface area contributed by atoms with Gasteiger partial charge in [-0.3, -0.25) is 0 Å². The minimum atomic E-state index is -0.395. The quantitative estimate of drug-likeness (QED) is 0.774. The summed E-state index contributed by atoms with van der Waals surface area (Å²) in [5, 5.41) is 3.80. The molecule has 0 aliphatic rings. The van der Waals surface area contributed by atoms with Crippen LogP contribution in [0, 0.1) is 5.82 Å². The van der Waals surface area contributed by atoms with Crippen molar-refractivity contribution in [3.63, 3.8) is 0 Å². The molecule has 0 atom stereocenters. The van der Waals surface area contributed by atoms with Gasteiger partial charge in [0.25, 0.3) is 5.89 Å². The molecule has 8 heteroatoms. The topological polar surface area (TPSA) is 90.7 Å². The van der Waals surface area contributed by atoms with E-state index in [0.29, 0.717) is 15.7 Å². The molecule has 0 saturated heterocycles. The van der Waals surface area contributed by atoms with Crippen LogP contribution in [0.3, 0.4) is 0 Å². The minimum Gasteiger partial charge on any atom is -0.382 e. The molecule has 0 bridgehead atoms. The molecule has 3 rings (SSSR count). The molecule has 0 aliphatic heterocycles. The molecule has 0 saturated carbocycles. The Kier molecular flexibility index (Phi) is 3.15. The fraction of sp³-hybridized carbons (Fsp3) is 0. The summed E-state index contributed by atoms with van der Waals surface area (Å²) in [6.45, 7) is 0. The summed E-state index contributed by atoms with van der Waals surface area (Å²) in [7, 11) is 0. The van der Waals surface area contributed by atoms with Crippen molar-refractivity contribution in [1.82, 2.24) is 20.1 Å². The van der Waals surface area contributed by atoms with Gasteiger partial charge in [-0.2, -0.15) is 4.98 Å². The summed E-state index contributed by atoms with van der Waals surface area (Å²) in [4.78, 5) is 12.1. The zero-order chi connectivity index (χ0) is 14.1. The molecule has 2 heterocycles. The SMILES string of the molecule is Nc1nccnc1-c1nc(-c2cc(F)ccc2Br)no1. The monoisotopic (exact) mass is 335 g/mol. The number of hydrogen-bond donors (Lipinski definition) is 1. The van der Waals surface area contributed by atoms with Crippen molar-refractivity contribution < 1.29 is 8.91 Å². The summed E-state index contributed by atoms with van der Waals surface area (Å²) in [6, 6.07) is 4.20. The lowest BCUT2D eigenvalue weighted by Crippen LogP contribution is -1.96. The molecular formula is C12H7BrFN5O. The van der Waals surface area contributed by atoms with Crippen molar-refractivity contribution in [1.29, 1.82) is 0 Å². The second kappa shape index (κ2) is 4.97. The van der Waals surface area contributed by atoms with E-state index >= 15 is 0 Å². The standard InChI is InChI=1S/C12H7BrFN5O/c13-8-2-1-6(14)5-7(8)11-18-12(20-19-11)9-10(15)17-4-3-16-9/h1-5H,(H2,15,17). The number of aromatic nitrogens is 4. The van der Waals surface area contributed by atoms with Gasteiger partial charge in [0.2, 0.25) is 5.82 Å². The van der Waals surface area contributed by atoms with Gasteiger partial charge in [0, 0.05) is 22.4 Å². The summed E-state index contributed by atoms with van der Waals surface area (Å²) >= 11 is 3.31. The zero-order valence-corrected chi connectivity index (χ0v) is 11.5. The average molecular weight is 336 g/mol. The molecule has 2 N–H and O–H groups in total. The molecular weight excluding hydrogens is 329 g/mol. The van der Waals surface area contributed by atoms with Crippen LogP contribution in [0.15, 0.2) is 39.6 Å². The third-order valence-electron chi connectivity index (χ3n) is 2.52. The van der Waals surface area contributed by atoms with Gasteiger partial charge < -0.3 is 10.3 Å². The van der Waals surface area contributed by atoms with Gasteiger partial charge in [-0.05, 0) is 18.2 Å². The predicted molar refractivity (Wildman–Crippen MR) is 72.8 cm³/mol. The van der Waals surface area contributed by atoms with Gasteiger partial charge in [-0.25, -0.2) is 14.4 Å². The minimum absolute atomic E-state index is 0.127. The van der Waals surface area contributed by atoms with E-state index < -0.39 is 5.82 Å². The van der Waals surface area contributed by atoms with Crippen LogP contribution in [0.4, 0.5) is 10.2 Å². The molecule has 100 valence electrons. The van der Waals surface area contributed by atoms with Crippen LogP contribution >= 0.6 is 15.9 Å². The number of anilines is 1. The maximum absolute atomic E-state index is 13.3. The first-order chi connectivity index (χ1) is 9.65. The Morgan fingerprint density at radius 1 is 1.20 bits per heavy atom. The number of benzene rings is 1. The predicted octanol–water partition coefficient (Wildman–Crippen LogP) is 2.68. The molecule has 0 spiro atoms. The lowest BCUT2D eigenvalue weighted by Gasteiger charge is -1.98. The fourth-order valence-electron chi connectivity index (χ4n) is 1.61. The molecule has 20 heavy (non-hydrogen) atoms. The van der Waals surface area contributed by atoms with E-state index in [-0.39, 0.29) is 17.5 Å². The van der Waals surface area contributed by atoms with Gasteiger partial charge in [0.05, 0.1) is 0 Å². The summed E-state index contributed by atoms with van der Waals surface area (Å²) in [5.41, 5.74) is 6.45. The highest BCUT2D eigenvalue weighted by Gasteiger charge is 2.16.